The van der Waals surface area contributed by atoms with Crippen LogP contribution in [0.3, 0.4) is 0 Å². The van der Waals surface area contributed by atoms with Crippen LogP contribution in [0.1, 0.15) is 31.9 Å². The molecule has 0 aliphatic rings. The molecule has 0 amide bonds. The van der Waals surface area contributed by atoms with Gasteiger partial charge >= 0.3 is 0 Å². The van der Waals surface area contributed by atoms with Crippen LogP contribution in [0.5, 0.6) is 0 Å². The van der Waals surface area contributed by atoms with E-state index in [2.05, 4.69) is 0 Å². The van der Waals surface area contributed by atoms with Crippen LogP contribution in [0.2, 0.25) is 0 Å². The van der Waals surface area contributed by atoms with Crippen LogP contribution in [-0.2, 0) is 5.41 Å². The molecule has 0 aliphatic carbocycles. The van der Waals surface area contributed by atoms with E-state index in [1.165, 1.54) is 12.1 Å². The van der Waals surface area contributed by atoms with Crippen molar-refractivity contribution in [2.75, 3.05) is 0 Å². The first-order valence-corrected chi connectivity index (χ1v) is 4.15. The molecule has 0 saturated heterocycles. The summed E-state index contributed by atoms with van der Waals surface area (Å²) in [6.45, 7) is 5.77. The van der Waals surface area contributed by atoms with Crippen LogP contribution in [0, 0.1) is 17.1 Å². The molecule has 0 aliphatic heterocycles. The summed E-state index contributed by atoms with van der Waals surface area (Å²) in [5.74, 6) is -0.244. The van der Waals surface area contributed by atoms with Crippen molar-refractivity contribution in [3.63, 3.8) is 0 Å². The summed E-state index contributed by atoms with van der Waals surface area (Å²) in [5.41, 5.74) is 0.842. The lowest BCUT2D eigenvalue weighted by Gasteiger charge is -2.19. The van der Waals surface area contributed by atoms with Gasteiger partial charge in [0.15, 0.2) is 0 Å². The normalized spacial score (nSPS) is 11.0. The predicted octanol–water partition coefficient (Wildman–Crippen LogP) is 2.99. The molecule has 0 radical (unpaired) electrons. The van der Waals surface area contributed by atoms with Gasteiger partial charge in [-0.2, -0.15) is 5.26 Å². The molecule has 0 heterocycles. The number of halogens is 1. The number of benzene rings is 1. The zero-order chi connectivity index (χ0) is 10.1. The summed E-state index contributed by atoms with van der Waals surface area (Å²) in [5, 5.41) is 8.65. The Balaban J connectivity index is 3.29. The molecule has 0 atom stereocenters. The van der Waals surface area contributed by atoms with Gasteiger partial charge in [-0.05, 0) is 29.2 Å². The highest BCUT2D eigenvalue weighted by Gasteiger charge is 2.18. The van der Waals surface area contributed by atoms with E-state index < -0.39 is 0 Å². The summed E-state index contributed by atoms with van der Waals surface area (Å²) >= 11 is 0. The number of rotatable bonds is 0. The molecule has 0 fully saturated rings. The van der Waals surface area contributed by atoms with Crippen LogP contribution in [0.4, 0.5) is 4.39 Å². The molecule has 13 heavy (non-hydrogen) atoms. The number of hydrogen-bond acceptors (Lipinski definition) is 1. The van der Waals surface area contributed by atoms with Gasteiger partial charge in [-0.25, -0.2) is 4.39 Å². The number of nitrogens with zero attached hydrogens (tertiary/aromatic N) is 1. The molecule has 1 rings (SSSR count). The first-order chi connectivity index (χ1) is 5.95. The van der Waals surface area contributed by atoms with Crippen LogP contribution < -0.4 is 0 Å². The van der Waals surface area contributed by atoms with Crippen LogP contribution in [-0.4, -0.2) is 0 Å². The van der Waals surface area contributed by atoms with Gasteiger partial charge in [-0.1, -0.05) is 20.8 Å². The molecular weight excluding hydrogens is 165 g/mol. The molecule has 1 aromatic rings. The van der Waals surface area contributed by atoms with E-state index in [4.69, 9.17) is 5.26 Å². The van der Waals surface area contributed by atoms with Crippen molar-refractivity contribution >= 4 is 0 Å². The highest BCUT2D eigenvalue weighted by Crippen LogP contribution is 2.25. The van der Waals surface area contributed by atoms with Crippen molar-refractivity contribution in [1.82, 2.24) is 0 Å². The molecule has 0 N–H and O–H groups in total. The standard InChI is InChI=1S/C11H12FN/c1-11(2,3)9-6-8(7-13)4-5-10(9)12/h4-6H,1-3H3. The van der Waals surface area contributed by atoms with Crippen molar-refractivity contribution < 1.29 is 4.39 Å². The minimum absolute atomic E-state index is 0.244. The third-order valence-electron chi connectivity index (χ3n) is 1.90. The van der Waals surface area contributed by atoms with Gasteiger partial charge in [0, 0.05) is 0 Å². The van der Waals surface area contributed by atoms with E-state index in [0.29, 0.717) is 11.1 Å². The maximum absolute atomic E-state index is 13.3. The molecule has 2 heteroatoms. The van der Waals surface area contributed by atoms with Gasteiger partial charge in [0.05, 0.1) is 11.6 Å². The van der Waals surface area contributed by atoms with Gasteiger partial charge in [0.1, 0.15) is 5.82 Å². The van der Waals surface area contributed by atoms with Gasteiger partial charge in [-0.15, -0.1) is 0 Å². The summed E-state index contributed by atoms with van der Waals surface area (Å²) in [6, 6.07) is 6.44. The van der Waals surface area contributed by atoms with Crippen molar-refractivity contribution in [2.45, 2.75) is 26.2 Å². The average molecular weight is 177 g/mol. The maximum Gasteiger partial charge on any atom is 0.127 e. The Labute approximate surface area is 77.8 Å². The smallest absolute Gasteiger partial charge is 0.127 e. The molecular formula is C11H12FN. The van der Waals surface area contributed by atoms with E-state index in [0.717, 1.165) is 0 Å². The van der Waals surface area contributed by atoms with Gasteiger partial charge in [0.2, 0.25) is 0 Å². The molecule has 0 aromatic heterocycles. The van der Waals surface area contributed by atoms with Gasteiger partial charge in [0.25, 0.3) is 0 Å². The van der Waals surface area contributed by atoms with Crippen molar-refractivity contribution in [3.05, 3.63) is 35.1 Å². The van der Waals surface area contributed by atoms with Crippen LogP contribution in [0.15, 0.2) is 18.2 Å². The lowest BCUT2D eigenvalue weighted by molar-refractivity contribution is 0.522. The molecule has 1 aromatic carbocycles. The zero-order valence-electron chi connectivity index (χ0n) is 8.06. The lowest BCUT2D eigenvalue weighted by atomic mass is 9.86. The Hall–Kier alpha value is -1.36. The molecule has 0 saturated carbocycles. The average Bonchev–Trinajstić information content (AvgIpc) is 2.03. The minimum Gasteiger partial charge on any atom is -0.207 e. The number of nitriles is 1. The van der Waals surface area contributed by atoms with Crippen LogP contribution in [0.25, 0.3) is 0 Å². The van der Waals surface area contributed by atoms with E-state index in [-0.39, 0.29) is 11.2 Å². The third-order valence-corrected chi connectivity index (χ3v) is 1.90. The molecule has 0 spiro atoms. The molecule has 0 unspecified atom stereocenters. The minimum atomic E-state index is -0.253. The third kappa shape index (κ3) is 2.06. The van der Waals surface area contributed by atoms with E-state index in [1.807, 2.05) is 26.8 Å². The SMILES string of the molecule is CC(C)(C)c1cc(C#N)ccc1F. The highest BCUT2D eigenvalue weighted by atomic mass is 19.1. The van der Waals surface area contributed by atoms with Crippen molar-refractivity contribution in [3.8, 4) is 6.07 Å². The Morgan fingerprint density at radius 3 is 2.38 bits per heavy atom. The van der Waals surface area contributed by atoms with Gasteiger partial charge < -0.3 is 0 Å². The van der Waals surface area contributed by atoms with E-state index in [1.54, 1.807) is 6.07 Å². The van der Waals surface area contributed by atoms with E-state index in [9.17, 15) is 4.39 Å². The fraction of sp³-hybridized carbons (Fsp3) is 0.364. The molecule has 68 valence electrons. The fourth-order valence-corrected chi connectivity index (χ4v) is 1.17. The van der Waals surface area contributed by atoms with Gasteiger partial charge in [-0.3, -0.25) is 0 Å². The lowest BCUT2D eigenvalue weighted by Crippen LogP contribution is -2.13. The van der Waals surface area contributed by atoms with Crippen molar-refractivity contribution in [1.29, 1.82) is 5.26 Å². The van der Waals surface area contributed by atoms with E-state index >= 15 is 0 Å². The topological polar surface area (TPSA) is 23.8 Å². The Bertz CT molecular complexity index is 355. The quantitative estimate of drug-likeness (QED) is 0.597. The summed E-state index contributed by atoms with van der Waals surface area (Å²) < 4.78 is 13.3. The second-order valence-electron chi connectivity index (χ2n) is 4.06. The summed E-state index contributed by atoms with van der Waals surface area (Å²) in [7, 11) is 0. The van der Waals surface area contributed by atoms with Crippen LogP contribution >= 0.6 is 0 Å². The first-order valence-electron chi connectivity index (χ1n) is 4.15. The second kappa shape index (κ2) is 3.18. The Morgan fingerprint density at radius 2 is 1.92 bits per heavy atom. The molecule has 1 nitrogen and oxygen atoms in total. The predicted molar refractivity (Wildman–Crippen MR) is 49.8 cm³/mol. The fourth-order valence-electron chi connectivity index (χ4n) is 1.17. The molecule has 0 bridgehead atoms. The Morgan fingerprint density at radius 1 is 1.31 bits per heavy atom. The first kappa shape index (κ1) is 9.73. The second-order valence-corrected chi connectivity index (χ2v) is 4.06. The monoisotopic (exact) mass is 177 g/mol. The maximum atomic E-state index is 13.3. The Kier molecular flexibility index (Phi) is 2.38. The highest BCUT2D eigenvalue weighted by molar-refractivity contribution is 5.36. The summed E-state index contributed by atoms with van der Waals surface area (Å²) in [6.07, 6.45) is 0. The summed E-state index contributed by atoms with van der Waals surface area (Å²) in [4.78, 5) is 0. The number of hydrogen-bond donors (Lipinski definition) is 0. The largest absolute Gasteiger partial charge is 0.207 e. The van der Waals surface area contributed by atoms with Crippen molar-refractivity contribution in [2.24, 2.45) is 0 Å². The zero-order valence-corrected chi connectivity index (χ0v) is 8.06.